The molecule has 0 aromatic heterocycles. The second kappa shape index (κ2) is 6.45. The maximum Gasteiger partial charge on any atom is 0.240 e. The van der Waals surface area contributed by atoms with E-state index in [1.807, 2.05) is 37.3 Å². The van der Waals surface area contributed by atoms with Crippen LogP contribution in [0.2, 0.25) is 0 Å². The summed E-state index contributed by atoms with van der Waals surface area (Å²) >= 11 is 5.76. The van der Waals surface area contributed by atoms with Crippen LogP contribution in [0.15, 0.2) is 35.9 Å². The lowest BCUT2D eigenvalue weighted by Crippen LogP contribution is -2.33. The quantitative estimate of drug-likeness (QED) is 0.753. The van der Waals surface area contributed by atoms with E-state index in [1.165, 1.54) is 0 Å². The molecule has 1 unspecified atom stereocenters. The number of carbonyl (C=O) groups is 1. The van der Waals surface area contributed by atoms with Gasteiger partial charge in [-0.3, -0.25) is 4.79 Å². The fraction of sp³-hybridized carbons (Fsp3) is 0.357. The first-order chi connectivity index (χ1) is 8.00. The minimum absolute atomic E-state index is 0.0486. The van der Waals surface area contributed by atoms with Gasteiger partial charge in [0.15, 0.2) is 0 Å². The number of alkyl halides is 1. The van der Waals surface area contributed by atoms with Crippen LogP contribution in [0.4, 0.5) is 0 Å². The van der Waals surface area contributed by atoms with Crippen molar-refractivity contribution in [1.29, 1.82) is 0 Å². The lowest BCUT2D eigenvalue weighted by atomic mass is 10.1. The Hall–Kier alpha value is -1.28. The zero-order valence-corrected chi connectivity index (χ0v) is 11.2. The summed E-state index contributed by atoms with van der Waals surface area (Å²) in [6, 6.07) is 10.0. The molecule has 1 rings (SSSR count). The number of rotatable bonds is 4. The van der Waals surface area contributed by atoms with Gasteiger partial charge in [0, 0.05) is 13.6 Å². The number of nitrogens with zero attached hydrogens (tertiary/aromatic N) is 1. The Morgan fingerprint density at radius 2 is 2.00 bits per heavy atom. The molecule has 0 heterocycles. The molecule has 0 aliphatic rings. The van der Waals surface area contributed by atoms with Gasteiger partial charge in [-0.1, -0.05) is 42.0 Å². The fourth-order valence-corrected chi connectivity index (χ4v) is 1.80. The molecular weight excluding hydrogens is 234 g/mol. The first-order valence-electron chi connectivity index (χ1n) is 5.62. The third kappa shape index (κ3) is 4.61. The standard InChI is InChI=1S/C14H18ClNO/c1-11(9-13-7-5-4-6-8-13)10-16(3)14(17)12(2)15/h4-9,12H,10H2,1-3H3/b11-9+. The lowest BCUT2D eigenvalue weighted by molar-refractivity contribution is -0.128. The van der Waals surface area contributed by atoms with E-state index in [9.17, 15) is 4.79 Å². The number of hydrogen-bond donors (Lipinski definition) is 0. The molecule has 0 saturated heterocycles. The SMILES string of the molecule is C/C(=C\c1ccccc1)CN(C)C(=O)C(C)Cl. The van der Waals surface area contributed by atoms with Crippen LogP contribution in [0.25, 0.3) is 6.08 Å². The number of carbonyl (C=O) groups excluding carboxylic acids is 1. The Balaban J connectivity index is 2.63. The Morgan fingerprint density at radius 1 is 1.41 bits per heavy atom. The van der Waals surface area contributed by atoms with Crippen molar-refractivity contribution in [3.8, 4) is 0 Å². The van der Waals surface area contributed by atoms with Crippen LogP contribution in [0.1, 0.15) is 19.4 Å². The molecule has 1 aromatic rings. The van der Waals surface area contributed by atoms with E-state index >= 15 is 0 Å². The average molecular weight is 252 g/mol. The van der Waals surface area contributed by atoms with Gasteiger partial charge in [-0.2, -0.15) is 0 Å². The van der Waals surface area contributed by atoms with Crippen molar-refractivity contribution in [1.82, 2.24) is 4.90 Å². The predicted octanol–water partition coefficient (Wildman–Crippen LogP) is 3.18. The molecule has 2 nitrogen and oxygen atoms in total. The van der Waals surface area contributed by atoms with Gasteiger partial charge in [-0.25, -0.2) is 0 Å². The van der Waals surface area contributed by atoms with Gasteiger partial charge >= 0.3 is 0 Å². The van der Waals surface area contributed by atoms with Crippen molar-refractivity contribution >= 4 is 23.6 Å². The van der Waals surface area contributed by atoms with E-state index in [2.05, 4.69) is 6.08 Å². The van der Waals surface area contributed by atoms with Crippen LogP contribution in [0, 0.1) is 0 Å². The third-order valence-electron chi connectivity index (χ3n) is 2.42. The van der Waals surface area contributed by atoms with Crippen molar-refractivity contribution in [3.63, 3.8) is 0 Å². The number of benzene rings is 1. The molecule has 0 aliphatic carbocycles. The zero-order chi connectivity index (χ0) is 12.8. The predicted molar refractivity (Wildman–Crippen MR) is 73.0 cm³/mol. The van der Waals surface area contributed by atoms with E-state index in [1.54, 1.807) is 18.9 Å². The largest absolute Gasteiger partial charge is 0.340 e. The van der Waals surface area contributed by atoms with Gasteiger partial charge in [-0.15, -0.1) is 11.6 Å². The summed E-state index contributed by atoms with van der Waals surface area (Å²) in [6.45, 7) is 4.30. The Morgan fingerprint density at radius 3 is 2.53 bits per heavy atom. The summed E-state index contributed by atoms with van der Waals surface area (Å²) in [5, 5.41) is -0.468. The van der Waals surface area contributed by atoms with Gasteiger partial charge < -0.3 is 4.90 Å². The molecule has 1 atom stereocenters. The highest BCUT2D eigenvalue weighted by molar-refractivity contribution is 6.30. The van der Waals surface area contributed by atoms with E-state index in [-0.39, 0.29) is 5.91 Å². The maximum absolute atomic E-state index is 11.6. The normalized spacial score (nSPS) is 13.3. The van der Waals surface area contributed by atoms with E-state index < -0.39 is 5.38 Å². The number of halogens is 1. The second-order valence-corrected chi connectivity index (χ2v) is 4.87. The molecule has 0 aliphatic heterocycles. The van der Waals surface area contributed by atoms with Crippen molar-refractivity contribution in [2.75, 3.05) is 13.6 Å². The van der Waals surface area contributed by atoms with E-state index in [0.717, 1.165) is 11.1 Å². The van der Waals surface area contributed by atoms with Crippen LogP contribution in [-0.4, -0.2) is 29.8 Å². The number of likely N-dealkylation sites (N-methyl/N-ethyl adjacent to an activating group) is 1. The van der Waals surface area contributed by atoms with Gasteiger partial charge in [0.1, 0.15) is 5.38 Å². The van der Waals surface area contributed by atoms with Crippen molar-refractivity contribution in [3.05, 3.63) is 41.5 Å². The Kier molecular flexibility index (Phi) is 5.23. The molecule has 17 heavy (non-hydrogen) atoms. The van der Waals surface area contributed by atoms with Gasteiger partial charge in [-0.05, 0) is 19.4 Å². The Labute approximate surface area is 108 Å². The monoisotopic (exact) mass is 251 g/mol. The molecular formula is C14H18ClNO. The molecule has 0 N–H and O–H groups in total. The van der Waals surface area contributed by atoms with Crippen molar-refractivity contribution in [2.45, 2.75) is 19.2 Å². The molecule has 0 bridgehead atoms. The summed E-state index contributed by atoms with van der Waals surface area (Å²) < 4.78 is 0. The summed E-state index contributed by atoms with van der Waals surface area (Å²) in [5.74, 6) is -0.0486. The highest BCUT2D eigenvalue weighted by Gasteiger charge is 2.14. The number of hydrogen-bond acceptors (Lipinski definition) is 1. The highest BCUT2D eigenvalue weighted by atomic mass is 35.5. The summed E-state index contributed by atoms with van der Waals surface area (Å²) in [7, 11) is 1.77. The lowest BCUT2D eigenvalue weighted by Gasteiger charge is -2.18. The minimum Gasteiger partial charge on any atom is -0.340 e. The first kappa shape index (κ1) is 13.8. The molecule has 0 radical (unpaired) electrons. The van der Waals surface area contributed by atoms with Crippen molar-refractivity contribution in [2.24, 2.45) is 0 Å². The smallest absolute Gasteiger partial charge is 0.240 e. The highest BCUT2D eigenvalue weighted by Crippen LogP contribution is 2.08. The molecule has 0 fully saturated rings. The average Bonchev–Trinajstić information content (AvgIpc) is 2.28. The van der Waals surface area contributed by atoms with Gasteiger partial charge in [0.2, 0.25) is 5.91 Å². The molecule has 1 amide bonds. The van der Waals surface area contributed by atoms with Crippen LogP contribution in [-0.2, 0) is 4.79 Å². The van der Waals surface area contributed by atoms with Crippen LogP contribution >= 0.6 is 11.6 Å². The third-order valence-corrected chi connectivity index (χ3v) is 2.60. The van der Waals surface area contributed by atoms with E-state index in [0.29, 0.717) is 6.54 Å². The maximum atomic E-state index is 11.6. The zero-order valence-electron chi connectivity index (χ0n) is 10.5. The summed E-state index contributed by atoms with van der Waals surface area (Å²) in [5.41, 5.74) is 2.27. The topological polar surface area (TPSA) is 20.3 Å². The van der Waals surface area contributed by atoms with Crippen LogP contribution in [0.5, 0.6) is 0 Å². The second-order valence-electron chi connectivity index (χ2n) is 4.21. The Bertz CT molecular complexity index is 398. The molecule has 0 spiro atoms. The van der Waals surface area contributed by atoms with Gasteiger partial charge in [0.25, 0.3) is 0 Å². The summed E-state index contributed by atoms with van der Waals surface area (Å²) in [4.78, 5) is 13.2. The minimum atomic E-state index is -0.468. The number of amides is 1. The van der Waals surface area contributed by atoms with Crippen LogP contribution in [0.3, 0.4) is 0 Å². The van der Waals surface area contributed by atoms with Crippen molar-refractivity contribution < 1.29 is 4.79 Å². The van der Waals surface area contributed by atoms with E-state index in [4.69, 9.17) is 11.6 Å². The molecule has 0 saturated carbocycles. The van der Waals surface area contributed by atoms with Gasteiger partial charge in [0.05, 0.1) is 0 Å². The summed E-state index contributed by atoms with van der Waals surface area (Å²) in [6.07, 6.45) is 2.07. The molecule has 3 heteroatoms. The fourth-order valence-electron chi connectivity index (χ4n) is 1.64. The molecule has 1 aromatic carbocycles. The molecule has 92 valence electrons. The first-order valence-corrected chi connectivity index (χ1v) is 6.05. The van der Waals surface area contributed by atoms with Crippen LogP contribution < -0.4 is 0 Å².